The number of hydrogen-bond acceptors (Lipinski definition) is 2. The van der Waals surface area contributed by atoms with Gasteiger partial charge in [0.2, 0.25) is 0 Å². The molecular formula is C16H10N2. The molecule has 3 rings (SSSR count). The Balaban J connectivity index is 2.24. The fourth-order valence-corrected chi connectivity index (χ4v) is 2.59. The van der Waals surface area contributed by atoms with Crippen LogP contribution >= 0.6 is 0 Å². The Labute approximate surface area is 106 Å². The molecule has 0 amide bonds. The highest BCUT2D eigenvalue weighted by molar-refractivity contribution is 5.57. The quantitative estimate of drug-likeness (QED) is 0.596. The summed E-state index contributed by atoms with van der Waals surface area (Å²) in [4.78, 5) is 0. The molecule has 0 bridgehead atoms. The third kappa shape index (κ3) is 1.48. The summed E-state index contributed by atoms with van der Waals surface area (Å²) in [6, 6.07) is 16.2. The van der Waals surface area contributed by atoms with E-state index in [9.17, 15) is 10.5 Å². The molecule has 2 heteroatoms. The van der Waals surface area contributed by atoms with Crippen LogP contribution in [0.2, 0.25) is 0 Å². The zero-order chi connectivity index (χ0) is 12.5. The topological polar surface area (TPSA) is 47.6 Å². The highest BCUT2D eigenvalue weighted by atomic mass is 14.3. The molecule has 0 aliphatic heterocycles. The molecule has 1 aliphatic rings. The molecule has 0 spiro atoms. The Hall–Kier alpha value is -2.58. The van der Waals surface area contributed by atoms with Crippen molar-refractivity contribution < 1.29 is 0 Å². The standard InChI is InChI=1S/C16H10N2/c17-9-13-5-6-14(10-18)16-8-12-4-2-1-3-11(12)7-15(13)16/h1-6H,7-8H2. The van der Waals surface area contributed by atoms with Crippen LogP contribution in [0.5, 0.6) is 0 Å². The second-order valence-corrected chi connectivity index (χ2v) is 4.46. The summed E-state index contributed by atoms with van der Waals surface area (Å²) in [7, 11) is 0. The van der Waals surface area contributed by atoms with Crippen molar-refractivity contribution in [3.05, 3.63) is 69.8 Å². The van der Waals surface area contributed by atoms with Crippen molar-refractivity contribution in [2.45, 2.75) is 12.8 Å². The van der Waals surface area contributed by atoms with Gasteiger partial charge in [0.25, 0.3) is 0 Å². The Morgan fingerprint density at radius 2 is 1.17 bits per heavy atom. The minimum atomic E-state index is 0.693. The molecule has 0 unspecified atom stereocenters. The van der Waals surface area contributed by atoms with E-state index in [1.54, 1.807) is 12.1 Å². The lowest BCUT2D eigenvalue weighted by Gasteiger charge is -2.21. The van der Waals surface area contributed by atoms with E-state index in [0.29, 0.717) is 11.1 Å². The lowest BCUT2D eigenvalue weighted by molar-refractivity contribution is 0.989. The van der Waals surface area contributed by atoms with Crippen molar-refractivity contribution in [1.29, 1.82) is 10.5 Å². The van der Waals surface area contributed by atoms with E-state index in [2.05, 4.69) is 24.3 Å². The maximum Gasteiger partial charge on any atom is 0.0994 e. The second-order valence-electron chi connectivity index (χ2n) is 4.46. The van der Waals surface area contributed by atoms with Crippen LogP contribution in [0, 0.1) is 22.7 Å². The summed E-state index contributed by atoms with van der Waals surface area (Å²) in [6.45, 7) is 0. The van der Waals surface area contributed by atoms with Crippen LogP contribution in [0.25, 0.3) is 0 Å². The van der Waals surface area contributed by atoms with Crippen molar-refractivity contribution in [3.63, 3.8) is 0 Å². The van der Waals surface area contributed by atoms with Gasteiger partial charge in [-0.3, -0.25) is 0 Å². The smallest absolute Gasteiger partial charge is 0.0994 e. The predicted octanol–water partition coefficient (Wildman–Crippen LogP) is 2.92. The minimum absolute atomic E-state index is 0.693. The molecule has 2 aromatic rings. The fourth-order valence-electron chi connectivity index (χ4n) is 2.59. The molecule has 2 nitrogen and oxygen atoms in total. The van der Waals surface area contributed by atoms with Crippen LogP contribution in [0.1, 0.15) is 33.4 Å². The number of nitriles is 2. The van der Waals surface area contributed by atoms with Crippen molar-refractivity contribution in [1.82, 2.24) is 0 Å². The predicted molar refractivity (Wildman–Crippen MR) is 67.9 cm³/mol. The van der Waals surface area contributed by atoms with Gasteiger partial charge in [-0.1, -0.05) is 24.3 Å². The first-order valence-electron chi connectivity index (χ1n) is 5.85. The average molecular weight is 230 g/mol. The molecule has 0 heterocycles. The number of nitrogens with zero attached hydrogens (tertiary/aromatic N) is 2. The van der Waals surface area contributed by atoms with Gasteiger partial charge in [-0.2, -0.15) is 10.5 Å². The molecular weight excluding hydrogens is 220 g/mol. The zero-order valence-corrected chi connectivity index (χ0v) is 9.77. The largest absolute Gasteiger partial charge is 0.192 e. The molecule has 0 saturated carbocycles. The van der Waals surface area contributed by atoms with E-state index < -0.39 is 0 Å². The van der Waals surface area contributed by atoms with Crippen LogP contribution in [0.15, 0.2) is 36.4 Å². The first-order chi connectivity index (χ1) is 8.83. The van der Waals surface area contributed by atoms with Gasteiger partial charge >= 0.3 is 0 Å². The summed E-state index contributed by atoms with van der Waals surface area (Å²) in [6.07, 6.45) is 1.51. The molecule has 0 atom stereocenters. The summed E-state index contributed by atoms with van der Waals surface area (Å²) >= 11 is 0. The summed E-state index contributed by atoms with van der Waals surface area (Å²) in [5.41, 5.74) is 5.95. The lowest BCUT2D eigenvalue weighted by Crippen LogP contribution is -2.11. The summed E-state index contributed by atoms with van der Waals surface area (Å²) in [5, 5.41) is 18.3. The van der Waals surface area contributed by atoms with Gasteiger partial charge in [-0.05, 0) is 47.2 Å². The maximum absolute atomic E-state index is 9.17. The Morgan fingerprint density at radius 1 is 0.722 bits per heavy atom. The second kappa shape index (κ2) is 4.02. The van der Waals surface area contributed by atoms with Gasteiger partial charge in [0.15, 0.2) is 0 Å². The maximum atomic E-state index is 9.17. The van der Waals surface area contributed by atoms with Crippen molar-refractivity contribution >= 4 is 0 Å². The monoisotopic (exact) mass is 230 g/mol. The molecule has 0 radical (unpaired) electrons. The molecule has 18 heavy (non-hydrogen) atoms. The number of benzene rings is 2. The Morgan fingerprint density at radius 3 is 1.56 bits per heavy atom. The number of hydrogen-bond donors (Lipinski definition) is 0. The fraction of sp³-hybridized carbons (Fsp3) is 0.125. The molecule has 0 N–H and O–H groups in total. The lowest BCUT2D eigenvalue weighted by atomic mass is 9.82. The highest BCUT2D eigenvalue weighted by Gasteiger charge is 2.20. The third-order valence-electron chi connectivity index (χ3n) is 3.52. The molecule has 2 aromatic carbocycles. The third-order valence-corrected chi connectivity index (χ3v) is 3.52. The molecule has 84 valence electrons. The highest BCUT2D eigenvalue weighted by Crippen LogP contribution is 2.31. The van der Waals surface area contributed by atoms with E-state index in [4.69, 9.17) is 0 Å². The van der Waals surface area contributed by atoms with E-state index in [1.165, 1.54) is 11.1 Å². The van der Waals surface area contributed by atoms with E-state index >= 15 is 0 Å². The van der Waals surface area contributed by atoms with Gasteiger partial charge in [-0.25, -0.2) is 0 Å². The average Bonchev–Trinajstić information content (AvgIpc) is 2.44. The summed E-state index contributed by atoms with van der Waals surface area (Å²) in [5.74, 6) is 0. The van der Waals surface area contributed by atoms with Crippen LogP contribution in [-0.4, -0.2) is 0 Å². The number of fused-ring (bicyclic) bond motifs is 2. The molecule has 0 saturated heterocycles. The number of rotatable bonds is 0. The van der Waals surface area contributed by atoms with Crippen molar-refractivity contribution in [3.8, 4) is 12.1 Å². The zero-order valence-electron chi connectivity index (χ0n) is 9.77. The normalized spacial score (nSPS) is 11.9. The van der Waals surface area contributed by atoms with E-state index in [-0.39, 0.29) is 0 Å². The summed E-state index contributed by atoms with van der Waals surface area (Å²) < 4.78 is 0. The van der Waals surface area contributed by atoms with Gasteiger partial charge in [-0.15, -0.1) is 0 Å². The first kappa shape index (κ1) is 10.6. The van der Waals surface area contributed by atoms with Crippen LogP contribution in [0.3, 0.4) is 0 Å². The van der Waals surface area contributed by atoms with Gasteiger partial charge < -0.3 is 0 Å². The SMILES string of the molecule is N#Cc1ccc(C#N)c2c1Cc1ccccc1C2. The van der Waals surface area contributed by atoms with Gasteiger partial charge in [0.1, 0.15) is 0 Å². The van der Waals surface area contributed by atoms with Gasteiger partial charge in [0, 0.05) is 0 Å². The van der Waals surface area contributed by atoms with Gasteiger partial charge in [0.05, 0.1) is 23.3 Å². The Bertz CT molecular complexity index is 653. The molecule has 0 aromatic heterocycles. The van der Waals surface area contributed by atoms with Crippen LogP contribution < -0.4 is 0 Å². The van der Waals surface area contributed by atoms with E-state index in [0.717, 1.165) is 24.0 Å². The van der Waals surface area contributed by atoms with E-state index in [1.807, 2.05) is 12.1 Å². The molecule has 0 fully saturated rings. The van der Waals surface area contributed by atoms with Crippen LogP contribution in [-0.2, 0) is 12.8 Å². The van der Waals surface area contributed by atoms with Crippen molar-refractivity contribution in [2.24, 2.45) is 0 Å². The molecule has 1 aliphatic carbocycles. The van der Waals surface area contributed by atoms with Crippen LogP contribution in [0.4, 0.5) is 0 Å². The first-order valence-corrected chi connectivity index (χ1v) is 5.85. The van der Waals surface area contributed by atoms with Crippen molar-refractivity contribution in [2.75, 3.05) is 0 Å². The Kier molecular flexibility index (Phi) is 2.36. The minimum Gasteiger partial charge on any atom is -0.192 e.